The number of nitrogens with one attached hydrogen (secondary N) is 1. The minimum absolute atomic E-state index is 0.0844. The Balaban J connectivity index is 1.46. The molecule has 3 aromatic rings. The van der Waals surface area contributed by atoms with Crippen molar-refractivity contribution in [1.82, 2.24) is 15.0 Å². The zero-order chi connectivity index (χ0) is 26.0. The van der Waals surface area contributed by atoms with Crippen LogP contribution < -0.4 is 10.1 Å². The smallest absolute Gasteiger partial charge is 0.316 e. The lowest BCUT2D eigenvalue weighted by atomic mass is 9.83. The molecule has 1 aliphatic heterocycles. The number of hydrogen-bond acceptors (Lipinski definition) is 6. The van der Waals surface area contributed by atoms with Crippen molar-refractivity contribution < 1.29 is 31.8 Å². The molecule has 1 aromatic carbocycles. The van der Waals surface area contributed by atoms with Gasteiger partial charge in [-0.25, -0.2) is 27.5 Å². The maximum absolute atomic E-state index is 14.7. The Morgan fingerprint density at radius 1 is 1.03 bits per heavy atom. The van der Waals surface area contributed by atoms with E-state index in [1.54, 1.807) is 0 Å². The number of ether oxygens (including phenoxy) is 2. The van der Waals surface area contributed by atoms with E-state index in [1.165, 1.54) is 24.7 Å². The van der Waals surface area contributed by atoms with E-state index in [0.717, 1.165) is 18.2 Å². The first kappa shape index (κ1) is 25.1. The first-order valence-corrected chi connectivity index (χ1v) is 12.0. The van der Waals surface area contributed by atoms with Crippen molar-refractivity contribution in [3.05, 3.63) is 65.7 Å². The highest BCUT2D eigenvalue weighted by Gasteiger charge is 2.37. The molecule has 2 fully saturated rings. The van der Waals surface area contributed by atoms with Crippen LogP contribution in [0, 0.1) is 11.6 Å². The Morgan fingerprint density at radius 2 is 1.78 bits per heavy atom. The van der Waals surface area contributed by atoms with Crippen molar-refractivity contribution in [3.63, 3.8) is 0 Å². The van der Waals surface area contributed by atoms with Crippen LogP contribution >= 0.6 is 0 Å². The monoisotopic (exact) mass is 516 g/mol. The number of halogens is 4. The lowest BCUT2D eigenvalue weighted by molar-refractivity contribution is -0.0384. The second kappa shape index (κ2) is 10.4. The molecular formula is C26H24F4N4O3. The van der Waals surface area contributed by atoms with Gasteiger partial charge in [0.25, 0.3) is 5.91 Å². The van der Waals surface area contributed by atoms with Gasteiger partial charge < -0.3 is 14.8 Å². The standard InChI is InChI=1S/C26H24F4N4O3/c27-17-1-2-21(28)20(11-17)19-5-9-31-22(15-3-7-26(29,30)8-4-15)23(19)34-24(35)16-12-32-25(33-13-16)37-18-6-10-36-14-18/h1-2,5,9,11-13,15,18H,3-4,6-8,10,14H2,(H,34,35)/t18-/m1/s1. The van der Waals surface area contributed by atoms with Crippen molar-refractivity contribution in [2.45, 2.75) is 50.0 Å². The molecule has 2 aromatic heterocycles. The molecule has 1 saturated heterocycles. The average molecular weight is 516 g/mol. The Morgan fingerprint density at radius 3 is 2.49 bits per heavy atom. The van der Waals surface area contributed by atoms with Gasteiger partial charge in [0.15, 0.2) is 0 Å². The summed E-state index contributed by atoms with van der Waals surface area (Å²) in [7, 11) is 0. The predicted octanol–water partition coefficient (Wildman–Crippen LogP) is 5.53. The summed E-state index contributed by atoms with van der Waals surface area (Å²) in [4.78, 5) is 25.7. The summed E-state index contributed by atoms with van der Waals surface area (Å²) >= 11 is 0. The van der Waals surface area contributed by atoms with E-state index in [0.29, 0.717) is 25.3 Å². The maximum Gasteiger partial charge on any atom is 0.316 e. The molecule has 37 heavy (non-hydrogen) atoms. The molecule has 7 nitrogen and oxygen atoms in total. The molecule has 0 spiro atoms. The van der Waals surface area contributed by atoms with Gasteiger partial charge in [0, 0.05) is 54.9 Å². The molecule has 1 amide bonds. The Kier molecular flexibility index (Phi) is 7.05. The third-order valence-electron chi connectivity index (χ3n) is 6.59. The van der Waals surface area contributed by atoms with Gasteiger partial charge in [0.05, 0.1) is 30.2 Å². The minimum atomic E-state index is -2.77. The highest BCUT2D eigenvalue weighted by atomic mass is 19.3. The Bertz CT molecular complexity index is 1270. The molecular weight excluding hydrogens is 492 g/mol. The van der Waals surface area contributed by atoms with E-state index in [4.69, 9.17) is 9.47 Å². The first-order chi connectivity index (χ1) is 17.8. The SMILES string of the molecule is O=C(Nc1c(-c2cc(F)ccc2F)ccnc1C1CCC(F)(F)CC1)c1cnc(O[C@@H]2CCOC2)nc1. The van der Waals surface area contributed by atoms with E-state index in [2.05, 4.69) is 20.3 Å². The number of pyridine rings is 1. The largest absolute Gasteiger partial charge is 0.458 e. The summed E-state index contributed by atoms with van der Waals surface area (Å²) in [5.74, 6) is -5.15. The summed E-state index contributed by atoms with van der Waals surface area (Å²) in [6.45, 7) is 1.02. The molecule has 0 unspecified atom stereocenters. The fraction of sp³-hybridized carbons (Fsp3) is 0.385. The summed E-state index contributed by atoms with van der Waals surface area (Å²) in [5, 5.41) is 2.73. The van der Waals surface area contributed by atoms with Crippen LogP contribution in [0.2, 0.25) is 0 Å². The van der Waals surface area contributed by atoms with Crippen LogP contribution in [0.3, 0.4) is 0 Å². The normalized spacial score (nSPS) is 19.5. The number of carbonyl (C=O) groups is 1. The summed E-state index contributed by atoms with van der Waals surface area (Å²) in [5.41, 5.74) is 0.669. The number of alkyl halides is 2. The predicted molar refractivity (Wildman–Crippen MR) is 126 cm³/mol. The van der Waals surface area contributed by atoms with Crippen LogP contribution in [0.1, 0.15) is 54.1 Å². The molecule has 5 rings (SSSR count). The Labute approximate surface area is 210 Å². The highest BCUT2D eigenvalue weighted by Crippen LogP contribution is 2.44. The zero-order valence-electron chi connectivity index (χ0n) is 19.7. The molecule has 11 heteroatoms. The summed E-state index contributed by atoms with van der Waals surface area (Å²) in [6, 6.07) is 4.53. The third-order valence-corrected chi connectivity index (χ3v) is 6.59. The van der Waals surface area contributed by atoms with Crippen LogP contribution in [0.15, 0.2) is 42.9 Å². The quantitative estimate of drug-likeness (QED) is 0.434. The molecule has 0 radical (unpaired) electrons. The average Bonchev–Trinajstić information content (AvgIpc) is 3.39. The van der Waals surface area contributed by atoms with E-state index in [1.807, 2.05) is 0 Å². The van der Waals surface area contributed by atoms with Crippen LogP contribution in [0.4, 0.5) is 23.2 Å². The van der Waals surface area contributed by atoms with Crippen LogP contribution in [-0.4, -0.2) is 46.1 Å². The van der Waals surface area contributed by atoms with Gasteiger partial charge in [0.2, 0.25) is 5.92 Å². The first-order valence-electron chi connectivity index (χ1n) is 12.0. The molecule has 1 atom stereocenters. The lowest BCUT2D eigenvalue weighted by Gasteiger charge is -2.29. The number of anilines is 1. The number of nitrogens with zero attached hydrogens (tertiary/aromatic N) is 3. The number of hydrogen-bond donors (Lipinski definition) is 1. The molecule has 194 valence electrons. The highest BCUT2D eigenvalue weighted by molar-refractivity contribution is 6.06. The van der Waals surface area contributed by atoms with Crippen molar-refractivity contribution >= 4 is 11.6 Å². The van der Waals surface area contributed by atoms with Crippen LogP contribution in [0.5, 0.6) is 6.01 Å². The summed E-state index contributed by atoms with van der Waals surface area (Å²) in [6.07, 6.45) is 4.14. The number of aromatic nitrogens is 3. The second-order valence-electron chi connectivity index (χ2n) is 9.19. The molecule has 1 saturated carbocycles. The van der Waals surface area contributed by atoms with Crippen molar-refractivity contribution in [1.29, 1.82) is 0 Å². The molecule has 1 N–H and O–H groups in total. The number of rotatable bonds is 6. The van der Waals surface area contributed by atoms with E-state index < -0.39 is 29.4 Å². The minimum Gasteiger partial charge on any atom is -0.458 e. The van der Waals surface area contributed by atoms with Gasteiger partial charge >= 0.3 is 6.01 Å². The van der Waals surface area contributed by atoms with Crippen LogP contribution in [0.25, 0.3) is 11.1 Å². The number of amides is 1. The zero-order valence-corrected chi connectivity index (χ0v) is 19.7. The van der Waals surface area contributed by atoms with E-state index >= 15 is 0 Å². The fourth-order valence-electron chi connectivity index (χ4n) is 4.60. The van der Waals surface area contributed by atoms with Gasteiger partial charge in [-0.2, -0.15) is 0 Å². The second-order valence-corrected chi connectivity index (χ2v) is 9.19. The third kappa shape index (κ3) is 5.71. The molecule has 0 bridgehead atoms. The lowest BCUT2D eigenvalue weighted by Crippen LogP contribution is -2.25. The summed E-state index contributed by atoms with van der Waals surface area (Å²) < 4.78 is 67.3. The van der Waals surface area contributed by atoms with Gasteiger partial charge in [0.1, 0.15) is 17.7 Å². The maximum atomic E-state index is 14.7. The van der Waals surface area contributed by atoms with E-state index in [-0.39, 0.29) is 60.2 Å². The number of benzene rings is 1. The van der Waals surface area contributed by atoms with E-state index in [9.17, 15) is 22.4 Å². The van der Waals surface area contributed by atoms with Gasteiger partial charge in [-0.15, -0.1) is 0 Å². The molecule has 1 aliphatic carbocycles. The van der Waals surface area contributed by atoms with Gasteiger partial charge in [-0.1, -0.05) is 0 Å². The fourth-order valence-corrected chi connectivity index (χ4v) is 4.60. The van der Waals surface area contributed by atoms with Crippen molar-refractivity contribution in [2.24, 2.45) is 0 Å². The Hall–Kier alpha value is -3.60. The molecule has 2 aliphatic rings. The van der Waals surface area contributed by atoms with Crippen LogP contribution in [-0.2, 0) is 4.74 Å². The van der Waals surface area contributed by atoms with Gasteiger partial charge in [-0.05, 0) is 37.1 Å². The number of carbonyl (C=O) groups excluding carboxylic acids is 1. The molecule has 3 heterocycles. The topological polar surface area (TPSA) is 86.2 Å². The van der Waals surface area contributed by atoms with Crippen molar-refractivity contribution in [3.8, 4) is 17.1 Å². The van der Waals surface area contributed by atoms with Gasteiger partial charge in [-0.3, -0.25) is 9.78 Å². The van der Waals surface area contributed by atoms with Crippen molar-refractivity contribution in [2.75, 3.05) is 18.5 Å².